The zero-order chi connectivity index (χ0) is 21.1. The van der Waals surface area contributed by atoms with E-state index in [2.05, 4.69) is 16.4 Å². The molecule has 1 aromatic heterocycles. The Morgan fingerprint density at radius 1 is 1.27 bits per heavy atom. The molecule has 1 fully saturated rings. The number of hydrogen-bond donors (Lipinski definition) is 1. The Morgan fingerprint density at radius 3 is 2.77 bits per heavy atom. The van der Waals surface area contributed by atoms with Crippen molar-refractivity contribution < 1.29 is 9.53 Å². The minimum atomic E-state index is -0.0421. The van der Waals surface area contributed by atoms with Gasteiger partial charge in [0.25, 0.3) is 5.91 Å². The summed E-state index contributed by atoms with van der Waals surface area (Å²) in [6, 6.07) is 13.0. The number of carbonyl (C=O) groups excluding carboxylic acids is 1. The summed E-state index contributed by atoms with van der Waals surface area (Å²) in [5.41, 5.74) is 3.38. The number of aromatic nitrogens is 1. The first-order valence-corrected chi connectivity index (χ1v) is 10.2. The fourth-order valence-corrected chi connectivity index (χ4v) is 4.00. The summed E-state index contributed by atoms with van der Waals surface area (Å²) in [6.45, 7) is 1.96. The van der Waals surface area contributed by atoms with Crippen LogP contribution in [0.4, 0.5) is 5.69 Å². The zero-order valence-electron chi connectivity index (χ0n) is 16.6. The van der Waals surface area contributed by atoms with Crippen LogP contribution in [-0.2, 0) is 6.54 Å². The van der Waals surface area contributed by atoms with Gasteiger partial charge in [-0.1, -0.05) is 17.7 Å². The van der Waals surface area contributed by atoms with Gasteiger partial charge < -0.3 is 15.0 Å². The molecule has 3 aromatic rings. The summed E-state index contributed by atoms with van der Waals surface area (Å²) in [7, 11) is 1.57. The van der Waals surface area contributed by atoms with Gasteiger partial charge in [-0.25, -0.2) is 0 Å². The summed E-state index contributed by atoms with van der Waals surface area (Å²) in [5.74, 6) is 0.567. The molecule has 1 saturated heterocycles. The van der Waals surface area contributed by atoms with E-state index in [-0.39, 0.29) is 5.91 Å². The monoisotopic (exact) mass is 420 g/mol. The van der Waals surface area contributed by atoms with Crippen LogP contribution in [0, 0.1) is 11.3 Å². The van der Waals surface area contributed by atoms with Crippen molar-refractivity contribution in [2.75, 3.05) is 25.5 Å². The Hall–Kier alpha value is -3.30. The third-order valence-electron chi connectivity index (χ3n) is 5.31. The predicted molar refractivity (Wildman–Crippen MR) is 117 cm³/mol. The van der Waals surface area contributed by atoms with Crippen molar-refractivity contribution in [1.82, 2.24) is 9.88 Å². The number of halogens is 1. The maximum absolute atomic E-state index is 13.2. The van der Waals surface area contributed by atoms with Crippen LogP contribution in [0.3, 0.4) is 0 Å². The molecule has 1 amide bonds. The molecular formula is C23H21ClN4O2. The van der Waals surface area contributed by atoms with E-state index in [0.29, 0.717) is 34.1 Å². The standard InChI is InChI=1S/C23H21ClN4O2/c1-30-21-7-5-16(11-19(21)24)13-27-22-17-10-15(12-25)4-6-20(17)26-14-18(22)23(29)28-8-2-3-9-28/h4-7,10-11,14H,2-3,8-9,13H2,1H3,(H,26,27). The van der Waals surface area contributed by atoms with Gasteiger partial charge in [-0.05, 0) is 48.7 Å². The molecule has 4 rings (SSSR count). The van der Waals surface area contributed by atoms with Gasteiger partial charge in [-0.15, -0.1) is 0 Å². The van der Waals surface area contributed by atoms with E-state index in [9.17, 15) is 10.1 Å². The molecule has 1 aliphatic rings. The second kappa shape index (κ2) is 8.60. The fraction of sp³-hybridized carbons (Fsp3) is 0.261. The molecular weight excluding hydrogens is 400 g/mol. The number of benzene rings is 2. The Balaban J connectivity index is 1.74. The summed E-state index contributed by atoms with van der Waals surface area (Å²) in [4.78, 5) is 19.5. The lowest BCUT2D eigenvalue weighted by atomic mass is 10.1. The van der Waals surface area contributed by atoms with Crippen molar-refractivity contribution in [3.05, 3.63) is 64.3 Å². The van der Waals surface area contributed by atoms with Crippen molar-refractivity contribution in [3.63, 3.8) is 0 Å². The lowest BCUT2D eigenvalue weighted by molar-refractivity contribution is 0.0793. The topological polar surface area (TPSA) is 78.2 Å². The maximum Gasteiger partial charge on any atom is 0.257 e. The number of anilines is 1. The van der Waals surface area contributed by atoms with Crippen LogP contribution in [0.5, 0.6) is 5.75 Å². The van der Waals surface area contributed by atoms with Gasteiger partial charge in [-0.3, -0.25) is 9.78 Å². The van der Waals surface area contributed by atoms with E-state index in [1.165, 1.54) is 0 Å². The molecule has 0 aliphatic carbocycles. The third kappa shape index (κ3) is 3.89. The maximum atomic E-state index is 13.2. The number of fused-ring (bicyclic) bond motifs is 1. The highest BCUT2D eigenvalue weighted by Crippen LogP contribution is 2.30. The van der Waals surface area contributed by atoms with Gasteiger partial charge in [0.05, 0.1) is 40.5 Å². The lowest BCUT2D eigenvalue weighted by Gasteiger charge is -2.20. The van der Waals surface area contributed by atoms with Gasteiger partial charge in [0.1, 0.15) is 5.75 Å². The Kier molecular flexibility index (Phi) is 5.73. The molecule has 2 aromatic carbocycles. The number of nitrogens with zero attached hydrogens (tertiary/aromatic N) is 3. The highest BCUT2D eigenvalue weighted by molar-refractivity contribution is 6.32. The first kappa shape index (κ1) is 20.0. The molecule has 0 unspecified atom stereocenters. The number of ether oxygens (including phenoxy) is 1. The predicted octanol–water partition coefficient (Wildman–Crippen LogP) is 4.62. The molecule has 30 heavy (non-hydrogen) atoms. The van der Waals surface area contributed by atoms with Crippen molar-refractivity contribution in [2.45, 2.75) is 19.4 Å². The first-order valence-electron chi connectivity index (χ1n) is 9.79. The molecule has 0 spiro atoms. The van der Waals surface area contributed by atoms with E-state index < -0.39 is 0 Å². The van der Waals surface area contributed by atoms with Gasteiger partial charge in [-0.2, -0.15) is 5.26 Å². The van der Waals surface area contributed by atoms with Crippen LogP contribution in [-0.4, -0.2) is 36.0 Å². The molecule has 1 aliphatic heterocycles. The number of hydrogen-bond acceptors (Lipinski definition) is 5. The second-order valence-electron chi connectivity index (χ2n) is 7.21. The minimum Gasteiger partial charge on any atom is -0.495 e. The molecule has 0 saturated carbocycles. The van der Waals surface area contributed by atoms with Crippen molar-refractivity contribution >= 4 is 34.1 Å². The van der Waals surface area contributed by atoms with E-state index in [1.807, 2.05) is 23.1 Å². The van der Waals surface area contributed by atoms with Crippen LogP contribution >= 0.6 is 11.6 Å². The second-order valence-corrected chi connectivity index (χ2v) is 7.62. The van der Waals surface area contributed by atoms with E-state index in [4.69, 9.17) is 16.3 Å². The average Bonchev–Trinajstić information content (AvgIpc) is 3.31. The Labute approximate surface area is 180 Å². The average molecular weight is 421 g/mol. The molecule has 7 heteroatoms. The summed E-state index contributed by atoms with van der Waals surface area (Å²) in [6.07, 6.45) is 3.65. The molecule has 2 heterocycles. The SMILES string of the molecule is COc1ccc(CNc2c(C(=O)N3CCCC3)cnc3ccc(C#N)cc23)cc1Cl. The highest BCUT2D eigenvalue weighted by atomic mass is 35.5. The van der Waals surface area contributed by atoms with Crippen LogP contribution < -0.4 is 10.1 Å². The summed E-state index contributed by atoms with van der Waals surface area (Å²) >= 11 is 6.25. The quantitative estimate of drug-likeness (QED) is 0.651. The number of pyridine rings is 1. The molecule has 152 valence electrons. The third-order valence-corrected chi connectivity index (χ3v) is 5.60. The highest BCUT2D eigenvalue weighted by Gasteiger charge is 2.23. The van der Waals surface area contributed by atoms with Gasteiger partial charge in [0.2, 0.25) is 0 Å². The number of amides is 1. The largest absolute Gasteiger partial charge is 0.495 e. The van der Waals surface area contributed by atoms with Crippen molar-refractivity contribution in [3.8, 4) is 11.8 Å². The number of nitrogens with one attached hydrogen (secondary N) is 1. The van der Waals surface area contributed by atoms with Crippen LogP contribution in [0.2, 0.25) is 5.02 Å². The number of likely N-dealkylation sites (tertiary alicyclic amines) is 1. The summed E-state index contributed by atoms with van der Waals surface area (Å²) in [5, 5.41) is 14.0. The lowest BCUT2D eigenvalue weighted by Crippen LogP contribution is -2.28. The van der Waals surface area contributed by atoms with Crippen LogP contribution in [0.25, 0.3) is 10.9 Å². The number of nitriles is 1. The summed E-state index contributed by atoms with van der Waals surface area (Å²) < 4.78 is 5.21. The molecule has 0 bridgehead atoms. The van der Waals surface area contributed by atoms with Crippen molar-refractivity contribution in [1.29, 1.82) is 5.26 Å². The Morgan fingerprint density at radius 2 is 2.07 bits per heavy atom. The van der Waals surface area contributed by atoms with Crippen molar-refractivity contribution in [2.24, 2.45) is 0 Å². The number of methoxy groups -OCH3 is 1. The number of carbonyl (C=O) groups is 1. The molecule has 6 nitrogen and oxygen atoms in total. The van der Waals surface area contributed by atoms with Gasteiger partial charge in [0, 0.05) is 31.2 Å². The van der Waals surface area contributed by atoms with Gasteiger partial charge in [0.15, 0.2) is 0 Å². The van der Waals surface area contributed by atoms with E-state index in [0.717, 1.165) is 42.4 Å². The van der Waals surface area contributed by atoms with E-state index >= 15 is 0 Å². The van der Waals surface area contributed by atoms with Gasteiger partial charge >= 0.3 is 0 Å². The van der Waals surface area contributed by atoms with E-state index in [1.54, 1.807) is 31.5 Å². The van der Waals surface area contributed by atoms with Crippen LogP contribution in [0.15, 0.2) is 42.6 Å². The smallest absolute Gasteiger partial charge is 0.257 e. The fourth-order valence-electron chi connectivity index (χ4n) is 3.72. The first-order chi connectivity index (χ1) is 14.6. The molecule has 0 radical (unpaired) electrons. The molecule has 0 atom stereocenters. The Bertz CT molecular complexity index is 1150. The van der Waals surface area contributed by atoms with Crippen LogP contribution in [0.1, 0.15) is 34.3 Å². The minimum absolute atomic E-state index is 0.0421. The number of rotatable bonds is 5. The zero-order valence-corrected chi connectivity index (χ0v) is 17.4. The molecule has 1 N–H and O–H groups in total. The normalized spacial score (nSPS) is 13.3.